The van der Waals surface area contributed by atoms with Crippen LogP contribution in [0, 0.1) is 11.3 Å². The van der Waals surface area contributed by atoms with Crippen molar-refractivity contribution in [2.75, 3.05) is 7.05 Å². The maximum Gasteiger partial charge on any atom is 0.209 e. The Morgan fingerprint density at radius 2 is 2.04 bits per heavy atom. The average molecular weight is 354 g/mol. The van der Waals surface area contributed by atoms with Crippen molar-refractivity contribution in [2.45, 2.75) is 50.5 Å². The molecule has 2 aliphatic rings. The first kappa shape index (κ1) is 18.6. The lowest BCUT2D eigenvalue weighted by Gasteiger charge is -2.49. The second-order valence-electron chi connectivity index (χ2n) is 7.83. The SMILES string of the molecule is C/N=C(\N)N/N=C/C=C/[C@H]1CC[C@]2(O)C[C@@H](c3ccccc3)CC[C@]12C. The van der Waals surface area contributed by atoms with Crippen molar-refractivity contribution in [3.8, 4) is 0 Å². The number of guanidine groups is 1. The van der Waals surface area contributed by atoms with Gasteiger partial charge in [0.25, 0.3) is 0 Å². The van der Waals surface area contributed by atoms with Crippen LogP contribution in [0.4, 0.5) is 0 Å². The van der Waals surface area contributed by atoms with E-state index in [9.17, 15) is 5.11 Å². The maximum absolute atomic E-state index is 11.5. The number of allylic oxidation sites excluding steroid dienone is 2. The van der Waals surface area contributed by atoms with Crippen LogP contribution < -0.4 is 11.2 Å². The second kappa shape index (κ2) is 7.62. The van der Waals surface area contributed by atoms with Crippen LogP contribution in [0.25, 0.3) is 0 Å². The molecular weight excluding hydrogens is 324 g/mol. The Kier molecular flexibility index (Phi) is 5.47. The largest absolute Gasteiger partial charge is 0.389 e. The first-order chi connectivity index (χ1) is 12.5. The Morgan fingerprint density at radius 3 is 2.77 bits per heavy atom. The van der Waals surface area contributed by atoms with Gasteiger partial charge < -0.3 is 10.8 Å². The molecule has 26 heavy (non-hydrogen) atoms. The Bertz CT molecular complexity index is 699. The van der Waals surface area contributed by atoms with Gasteiger partial charge in [0.1, 0.15) is 0 Å². The van der Waals surface area contributed by atoms with Crippen LogP contribution in [0.5, 0.6) is 0 Å². The normalized spacial score (nSPS) is 35.1. The van der Waals surface area contributed by atoms with Crippen molar-refractivity contribution in [1.29, 1.82) is 0 Å². The van der Waals surface area contributed by atoms with Gasteiger partial charge in [0, 0.05) is 18.7 Å². The van der Waals surface area contributed by atoms with Crippen molar-refractivity contribution >= 4 is 12.2 Å². The van der Waals surface area contributed by atoms with Gasteiger partial charge >= 0.3 is 0 Å². The lowest BCUT2D eigenvalue weighted by molar-refractivity contribution is -0.0984. The van der Waals surface area contributed by atoms with Gasteiger partial charge in [-0.1, -0.05) is 43.3 Å². The topological polar surface area (TPSA) is 83.0 Å². The van der Waals surface area contributed by atoms with Crippen molar-refractivity contribution in [3.05, 3.63) is 48.0 Å². The molecule has 1 aromatic carbocycles. The number of fused-ring (bicyclic) bond motifs is 1. The van der Waals surface area contributed by atoms with Gasteiger partial charge in [-0.2, -0.15) is 5.10 Å². The summed E-state index contributed by atoms with van der Waals surface area (Å²) in [4.78, 5) is 3.78. The molecule has 0 radical (unpaired) electrons. The Hall–Kier alpha value is -2.14. The van der Waals surface area contributed by atoms with E-state index in [1.165, 1.54) is 5.56 Å². The summed E-state index contributed by atoms with van der Waals surface area (Å²) in [5, 5.41) is 15.5. The Labute approximate surface area is 156 Å². The Morgan fingerprint density at radius 1 is 1.27 bits per heavy atom. The molecule has 0 heterocycles. The fraction of sp³-hybridized carbons (Fsp3) is 0.524. The monoisotopic (exact) mass is 354 g/mol. The number of nitrogens with two attached hydrogens (primary N) is 1. The minimum Gasteiger partial charge on any atom is -0.389 e. The lowest BCUT2D eigenvalue weighted by Crippen LogP contribution is -2.49. The van der Waals surface area contributed by atoms with Crippen molar-refractivity contribution < 1.29 is 5.11 Å². The summed E-state index contributed by atoms with van der Waals surface area (Å²) >= 11 is 0. The molecule has 0 spiro atoms. The molecule has 2 aliphatic carbocycles. The van der Waals surface area contributed by atoms with Crippen molar-refractivity contribution in [1.82, 2.24) is 5.43 Å². The number of hydrogen-bond donors (Lipinski definition) is 3. The summed E-state index contributed by atoms with van der Waals surface area (Å²) in [6.45, 7) is 2.26. The maximum atomic E-state index is 11.5. The predicted molar refractivity (Wildman–Crippen MR) is 107 cm³/mol. The summed E-state index contributed by atoms with van der Waals surface area (Å²) in [6.07, 6.45) is 10.7. The van der Waals surface area contributed by atoms with Crippen LogP contribution in [0.15, 0.2) is 52.6 Å². The summed E-state index contributed by atoms with van der Waals surface area (Å²) in [6, 6.07) is 10.6. The van der Waals surface area contributed by atoms with E-state index in [2.05, 4.69) is 58.9 Å². The highest BCUT2D eigenvalue weighted by Gasteiger charge is 2.58. The molecule has 2 saturated carbocycles. The van der Waals surface area contributed by atoms with Gasteiger partial charge in [-0.15, -0.1) is 0 Å². The number of benzene rings is 1. The number of hydrazone groups is 1. The standard InChI is InChI=1S/C21H30N4O/c1-20-12-10-17(16-7-4-3-5-8-16)15-21(20,26)13-11-18(20)9-6-14-24-25-19(22)23-2/h3-9,14,17-18,26H,10-13,15H2,1-2H3,(H3,22,23,25)/b9-6+,24-14+/t17-,18-,20+,21-/m0/s1. The number of aliphatic hydroxyl groups is 1. The molecule has 0 unspecified atom stereocenters. The third kappa shape index (κ3) is 3.54. The number of nitrogens with one attached hydrogen (secondary N) is 1. The lowest BCUT2D eigenvalue weighted by atomic mass is 9.59. The van der Waals surface area contributed by atoms with Crippen LogP contribution in [0.2, 0.25) is 0 Å². The molecule has 0 amide bonds. The molecule has 2 fully saturated rings. The third-order valence-electron chi connectivity index (χ3n) is 6.54. The zero-order valence-corrected chi connectivity index (χ0v) is 15.7. The third-order valence-corrected chi connectivity index (χ3v) is 6.54. The highest BCUT2D eigenvalue weighted by atomic mass is 16.3. The zero-order valence-electron chi connectivity index (χ0n) is 15.7. The van der Waals surface area contributed by atoms with Crippen molar-refractivity contribution in [2.24, 2.45) is 27.2 Å². The van der Waals surface area contributed by atoms with Crippen molar-refractivity contribution in [3.63, 3.8) is 0 Å². The van der Waals surface area contributed by atoms with E-state index in [1.807, 2.05) is 6.08 Å². The second-order valence-corrected chi connectivity index (χ2v) is 7.83. The average Bonchev–Trinajstić information content (AvgIpc) is 2.92. The van der Waals surface area contributed by atoms with Crippen LogP contribution in [-0.2, 0) is 0 Å². The summed E-state index contributed by atoms with van der Waals surface area (Å²) in [7, 11) is 1.61. The first-order valence-electron chi connectivity index (χ1n) is 9.44. The van der Waals surface area contributed by atoms with Crippen LogP contribution >= 0.6 is 0 Å². The van der Waals surface area contributed by atoms with Gasteiger partial charge in [0.15, 0.2) is 0 Å². The molecular formula is C21H30N4O. The van der Waals surface area contributed by atoms with Gasteiger partial charge in [-0.05, 0) is 55.6 Å². The molecule has 3 rings (SSSR count). The highest BCUT2D eigenvalue weighted by Crippen LogP contribution is 2.60. The molecule has 1 aromatic rings. The smallest absolute Gasteiger partial charge is 0.209 e. The highest BCUT2D eigenvalue weighted by molar-refractivity contribution is 5.79. The van der Waals surface area contributed by atoms with Gasteiger partial charge in [0.2, 0.25) is 5.96 Å². The molecule has 4 atom stereocenters. The van der Waals surface area contributed by atoms with E-state index < -0.39 is 5.60 Å². The summed E-state index contributed by atoms with van der Waals surface area (Å²) in [5.41, 5.74) is 8.88. The number of rotatable bonds is 4. The number of aliphatic imine (C=N–C) groups is 1. The van der Waals surface area contributed by atoms with Gasteiger partial charge in [-0.25, -0.2) is 5.43 Å². The quantitative estimate of drug-likeness (QED) is 0.441. The zero-order chi connectivity index (χ0) is 18.6. The Balaban J connectivity index is 1.67. The van der Waals surface area contributed by atoms with E-state index in [0.717, 1.165) is 32.1 Å². The van der Waals surface area contributed by atoms with E-state index in [-0.39, 0.29) is 11.4 Å². The van der Waals surface area contributed by atoms with E-state index in [1.54, 1.807) is 13.3 Å². The molecule has 0 saturated heterocycles. The van der Waals surface area contributed by atoms with Gasteiger partial charge in [0.05, 0.1) is 5.60 Å². The molecule has 0 bridgehead atoms. The van der Waals surface area contributed by atoms with Crippen LogP contribution in [0.1, 0.15) is 50.5 Å². The molecule has 5 heteroatoms. The molecule has 140 valence electrons. The summed E-state index contributed by atoms with van der Waals surface area (Å²) < 4.78 is 0. The van der Waals surface area contributed by atoms with Gasteiger partial charge in [-0.3, -0.25) is 4.99 Å². The van der Waals surface area contributed by atoms with Crippen LogP contribution in [-0.4, -0.2) is 29.9 Å². The molecule has 0 aliphatic heterocycles. The summed E-state index contributed by atoms with van der Waals surface area (Å²) in [5.74, 6) is 1.11. The number of hydrogen-bond acceptors (Lipinski definition) is 3. The van der Waals surface area contributed by atoms with E-state index in [4.69, 9.17) is 5.73 Å². The fourth-order valence-corrected chi connectivity index (χ4v) is 4.78. The minimum atomic E-state index is -0.588. The van der Waals surface area contributed by atoms with E-state index >= 15 is 0 Å². The molecule has 5 nitrogen and oxygen atoms in total. The van der Waals surface area contributed by atoms with E-state index in [0.29, 0.717) is 11.8 Å². The number of nitrogens with zero attached hydrogens (tertiary/aromatic N) is 2. The first-order valence-corrected chi connectivity index (χ1v) is 9.44. The fourth-order valence-electron chi connectivity index (χ4n) is 4.78. The minimum absolute atomic E-state index is 0.0695. The predicted octanol–water partition coefficient (Wildman–Crippen LogP) is 3.18. The molecule has 4 N–H and O–H groups in total. The molecule has 0 aromatic heterocycles. The van der Waals surface area contributed by atoms with Crippen LogP contribution in [0.3, 0.4) is 0 Å².